The zero-order valence-electron chi connectivity index (χ0n) is 7.25. The predicted molar refractivity (Wildman–Crippen MR) is 53.2 cm³/mol. The van der Waals surface area contributed by atoms with Crippen LogP contribution in [0.1, 0.15) is 5.56 Å². The van der Waals surface area contributed by atoms with E-state index in [4.69, 9.17) is 21.7 Å². The first-order valence-electron chi connectivity index (χ1n) is 3.73. The van der Waals surface area contributed by atoms with Crippen LogP contribution in [0.3, 0.4) is 0 Å². The summed E-state index contributed by atoms with van der Waals surface area (Å²) in [6.45, 7) is 0. The highest BCUT2D eigenvalue weighted by molar-refractivity contribution is 5.82. The molecule has 0 fully saturated rings. The first-order valence-corrected chi connectivity index (χ1v) is 3.73. The SMILES string of the molecule is NC(N)=NN=Cc1cc(O)cc(O)c1. The van der Waals surface area contributed by atoms with Crippen molar-refractivity contribution in [1.82, 2.24) is 0 Å². The fourth-order valence-electron chi connectivity index (χ4n) is 0.855. The number of nitrogens with zero attached hydrogens (tertiary/aromatic N) is 2. The molecule has 6 N–H and O–H groups in total. The molecule has 1 rings (SSSR count). The minimum atomic E-state index is -0.161. The summed E-state index contributed by atoms with van der Waals surface area (Å²) >= 11 is 0. The summed E-state index contributed by atoms with van der Waals surface area (Å²) in [6.07, 6.45) is 1.30. The average molecular weight is 194 g/mol. The second-order valence-electron chi connectivity index (χ2n) is 2.55. The Morgan fingerprint density at radius 1 is 1.14 bits per heavy atom. The lowest BCUT2D eigenvalue weighted by molar-refractivity contribution is 0.450. The second-order valence-corrected chi connectivity index (χ2v) is 2.55. The lowest BCUT2D eigenvalue weighted by Gasteiger charge is -1.96. The van der Waals surface area contributed by atoms with Crippen LogP contribution in [0.5, 0.6) is 11.5 Å². The van der Waals surface area contributed by atoms with Crippen LogP contribution in [0.15, 0.2) is 28.4 Å². The summed E-state index contributed by atoms with van der Waals surface area (Å²) in [5.74, 6) is -0.280. The van der Waals surface area contributed by atoms with Gasteiger partial charge in [0, 0.05) is 11.6 Å². The molecule has 0 aliphatic rings. The van der Waals surface area contributed by atoms with Crippen LogP contribution >= 0.6 is 0 Å². The van der Waals surface area contributed by atoms with Crippen LogP contribution in [0.2, 0.25) is 0 Å². The third-order valence-electron chi connectivity index (χ3n) is 1.30. The Morgan fingerprint density at radius 3 is 2.21 bits per heavy atom. The third-order valence-corrected chi connectivity index (χ3v) is 1.30. The Bertz CT molecular complexity index is 363. The maximum absolute atomic E-state index is 9.10. The van der Waals surface area contributed by atoms with E-state index in [1.54, 1.807) is 0 Å². The van der Waals surface area contributed by atoms with E-state index < -0.39 is 0 Å². The number of rotatable bonds is 2. The Morgan fingerprint density at radius 2 is 1.71 bits per heavy atom. The van der Waals surface area contributed by atoms with Crippen LogP contribution in [-0.4, -0.2) is 22.4 Å². The monoisotopic (exact) mass is 194 g/mol. The fourth-order valence-corrected chi connectivity index (χ4v) is 0.855. The van der Waals surface area contributed by atoms with Gasteiger partial charge in [0.1, 0.15) is 11.5 Å². The zero-order chi connectivity index (χ0) is 10.6. The number of guanidine groups is 1. The molecule has 0 saturated carbocycles. The minimum absolute atomic E-state index is 0.0591. The molecule has 0 radical (unpaired) electrons. The van der Waals surface area contributed by atoms with Gasteiger partial charge >= 0.3 is 0 Å². The summed E-state index contributed by atoms with van der Waals surface area (Å²) < 4.78 is 0. The molecule has 0 heterocycles. The van der Waals surface area contributed by atoms with Crippen molar-refractivity contribution in [2.45, 2.75) is 0 Å². The van der Waals surface area contributed by atoms with Gasteiger partial charge < -0.3 is 21.7 Å². The Balaban J connectivity index is 2.87. The molecule has 14 heavy (non-hydrogen) atoms. The average Bonchev–Trinajstić information content (AvgIpc) is 2.01. The molecule has 0 amide bonds. The van der Waals surface area contributed by atoms with Crippen LogP contribution < -0.4 is 11.5 Å². The van der Waals surface area contributed by atoms with Crippen molar-refractivity contribution in [3.05, 3.63) is 23.8 Å². The first-order chi connectivity index (χ1) is 6.58. The molecule has 1 aromatic carbocycles. The van der Waals surface area contributed by atoms with E-state index in [-0.39, 0.29) is 17.5 Å². The normalized spacial score (nSPS) is 10.3. The van der Waals surface area contributed by atoms with Crippen LogP contribution in [-0.2, 0) is 0 Å². The first kappa shape index (κ1) is 9.85. The van der Waals surface area contributed by atoms with Gasteiger partial charge in [0.15, 0.2) is 0 Å². The molecule has 1 aromatic rings. The quantitative estimate of drug-likeness (QED) is 0.294. The molecule has 0 bridgehead atoms. The van der Waals surface area contributed by atoms with E-state index in [0.717, 1.165) is 0 Å². The summed E-state index contributed by atoms with van der Waals surface area (Å²) in [7, 11) is 0. The highest BCUT2D eigenvalue weighted by atomic mass is 16.3. The maximum atomic E-state index is 9.10. The van der Waals surface area contributed by atoms with E-state index >= 15 is 0 Å². The van der Waals surface area contributed by atoms with E-state index in [0.29, 0.717) is 5.56 Å². The van der Waals surface area contributed by atoms with Crippen molar-refractivity contribution in [3.63, 3.8) is 0 Å². The topological polar surface area (TPSA) is 117 Å². The molecule has 74 valence electrons. The van der Waals surface area contributed by atoms with Gasteiger partial charge in [-0.1, -0.05) is 0 Å². The van der Waals surface area contributed by atoms with Crippen molar-refractivity contribution in [2.24, 2.45) is 21.7 Å². The molecule has 0 saturated heterocycles. The molecule has 0 aromatic heterocycles. The van der Waals surface area contributed by atoms with Crippen LogP contribution in [0, 0.1) is 0 Å². The van der Waals surface area contributed by atoms with Crippen LogP contribution in [0.4, 0.5) is 0 Å². The number of nitrogens with two attached hydrogens (primary N) is 2. The van der Waals surface area contributed by atoms with Gasteiger partial charge in [-0.05, 0) is 12.1 Å². The summed E-state index contributed by atoms with van der Waals surface area (Å²) in [5, 5.41) is 25.1. The van der Waals surface area contributed by atoms with Gasteiger partial charge in [0.25, 0.3) is 0 Å². The lowest BCUT2D eigenvalue weighted by Crippen LogP contribution is -2.21. The number of hydrogen-bond acceptors (Lipinski definition) is 4. The van der Waals surface area contributed by atoms with Crippen molar-refractivity contribution in [1.29, 1.82) is 0 Å². The molecule has 6 heteroatoms. The van der Waals surface area contributed by atoms with E-state index in [2.05, 4.69) is 10.2 Å². The van der Waals surface area contributed by atoms with Crippen molar-refractivity contribution < 1.29 is 10.2 Å². The highest BCUT2D eigenvalue weighted by Crippen LogP contribution is 2.18. The fraction of sp³-hybridized carbons (Fsp3) is 0. The number of hydrogen-bond donors (Lipinski definition) is 4. The maximum Gasteiger partial charge on any atom is 0.211 e. The Kier molecular flexibility index (Phi) is 2.90. The third kappa shape index (κ3) is 3.02. The van der Waals surface area contributed by atoms with Gasteiger partial charge in [0.05, 0.1) is 6.21 Å². The molecule has 0 unspecified atom stereocenters. The second kappa shape index (κ2) is 4.13. The molecule has 0 aliphatic carbocycles. The standard InChI is InChI=1S/C8H10N4O2/c9-8(10)12-11-4-5-1-6(13)3-7(14)2-5/h1-4,13-14H,(H4,9,10,12). The summed E-state index contributed by atoms with van der Waals surface area (Å²) in [6, 6.07) is 4.02. The predicted octanol–water partition coefficient (Wildman–Crippen LogP) is -0.295. The van der Waals surface area contributed by atoms with Crippen molar-refractivity contribution in [3.8, 4) is 11.5 Å². The number of benzene rings is 1. The summed E-state index contributed by atoms with van der Waals surface area (Å²) in [4.78, 5) is 0. The highest BCUT2D eigenvalue weighted by Gasteiger charge is 1.95. The molecule has 0 spiro atoms. The largest absolute Gasteiger partial charge is 0.508 e. The van der Waals surface area contributed by atoms with E-state index in [9.17, 15) is 0 Å². The van der Waals surface area contributed by atoms with Gasteiger partial charge in [-0.2, -0.15) is 5.10 Å². The van der Waals surface area contributed by atoms with Crippen molar-refractivity contribution in [2.75, 3.05) is 0 Å². The lowest BCUT2D eigenvalue weighted by atomic mass is 10.2. The summed E-state index contributed by atoms with van der Waals surface area (Å²) in [5.41, 5.74) is 10.6. The Hall–Kier alpha value is -2.24. The molecule has 0 aliphatic heterocycles. The van der Waals surface area contributed by atoms with Crippen molar-refractivity contribution >= 4 is 12.2 Å². The number of phenolic OH excluding ortho intramolecular Hbond substituents is 2. The molecule has 0 atom stereocenters. The Labute approximate surface area is 80.2 Å². The van der Waals surface area contributed by atoms with Gasteiger partial charge in [-0.3, -0.25) is 0 Å². The molecular formula is C8H10N4O2. The van der Waals surface area contributed by atoms with Gasteiger partial charge in [-0.15, -0.1) is 5.10 Å². The van der Waals surface area contributed by atoms with Crippen LogP contribution in [0.25, 0.3) is 0 Å². The number of aromatic hydroxyl groups is 2. The molecular weight excluding hydrogens is 184 g/mol. The minimum Gasteiger partial charge on any atom is -0.508 e. The van der Waals surface area contributed by atoms with Gasteiger partial charge in [-0.25, -0.2) is 0 Å². The van der Waals surface area contributed by atoms with Gasteiger partial charge in [0.2, 0.25) is 5.96 Å². The zero-order valence-corrected chi connectivity index (χ0v) is 7.25. The smallest absolute Gasteiger partial charge is 0.211 e. The number of phenols is 2. The molecule has 6 nitrogen and oxygen atoms in total. The van der Waals surface area contributed by atoms with E-state index in [1.165, 1.54) is 24.4 Å². The van der Waals surface area contributed by atoms with E-state index in [1.807, 2.05) is 0 Å².